The first kappa shape index (κ1) is 13.4. The molecule has 4 saturated carbocycles. The summed E-state index contributed by atoms with van der Waals surface area (Å²) in [7, 11) is 1.66. The third kappa shape index (κ3) is 1.33. The van der Waals surface area contributed by atoms with E-state index in [-0.39, 0.29) is 5.60 Å². The Morgan fingerprint density at radius 3 is 2.79 bits per heavy atom. The number of rotatable bonds is 3. The van der Waals surface area contributed by atoms with Crippen molar-refractivity contribution in [3.8, 4) is 5.88 Å². The van der Waals surface area contributed by atoms with Crippen molar-refractivity contribution >= 4 is 0 Å². The summed E-state index contributed by atoms with van der Waals surface area (Å²) in [4.78, 5) is 8.85. The van der Waals surface area contributed by atoms with Crippen LogP contribution in [0.4, 0.5) is 0 Å². The molecule has 7 rings (SSSR count). The normalized spacial score (nSPS) is 43.7. The molecule has 6 bridgehead atoms. The molecule has 3 heterocycles. The number of ether oxygens (including phenoxy) is 2. The van der Waals surface area contributed by atoms with Gasteiger partial charge in [-0.25, -0.2) is 4.98 Å². The second kappa shape index (κ2) is 4.37. The van der Waals surface area contributed by atoms with Gasteiger partial charge in [-0.15, -0.1) is 0 Å². The number of nitrogens with zero attached hydrogens (tertiary/aromatic N) is 2. The minimum absolute atomic E-state index is 0.115. The summed E-state index contributed by atoms with van der Waals surface area (Å²) in [6.07, 6.45) is 9.04. The van der Waals surface area contributed by atoms with E-state index in [1.165, 1.54) is 24.0 Å². The first-order valence-electron chi connectivity index (χ1n) is 8.93. The van der Waals surface area contributed by atoms with Crippen molar-refractivity contribution in [1.82, 2.24) is 9.97 Å². The van der Waals surface area contributed by atoms with Gasteiger partial charge in [0.05, 0.1) is 13.2 Å². The number of hydrogen-bond acceptors (Lipinski definition) is 4. The summed E-state index contributed by atoms with van der Waals surface area (Å²) in [6, 6.07) is 8.46. The number of fused-ring (bicyclic) bond motifs is 1. The topological polar surface area (TPSA) is 44.2 Å². The molecule has 122 valence electrons. The van der Waals surface area contributed by atoms with Crippen LogP contribution in [0.15, 0.2) is 42.9 Å². The predicted octanol–water partition coefficient (Wildman–Crippen LogP) is 3.15. The molecule has 7 unspecified atom stereocenters. The van der Waals surface area contributed by atoms with Gasteiger partial charge in [-0.1, -0.05) is 6.07 Å². The van der Waals surface area contributed by atoms with Gasteiger partial charge in [0.1, 0.15) is 5.60 Å². The van der Waals surface area contributed by atoms with E-state index in [9.17, 15) is 0 Å². The molecule has 0 aromatic carbocycles. The second-order valence-corrected chi connectivity index (χ2v) is 7.73. The maximum absolute atomic E-state index is 6.57. The SMILES string of the molecule is COc1ccc(C23OC4C5CCC(C(c6cccnc6)C52)C43)cn1. The van der Waals surface area contributed by atoms with Gasteiger partial charge in [0.15, 0.2) is 0 Å². The summed E-state index contributed by atoms with van der Waals surface area (Å²) in [6.45, 7) is 0. The molecule has 0 spiro atoms. The fourth-order valence-corrected chi connectivity index (χ4v) is 6.61. The van der Waals surface area contributed by atoms with Gasteiger partial charge >= 0.3 is 0 Å². The van der Waals surface area contributed by atoms with E-state index < -0.39 is 0 Å². The fraction of sp³-hybridized carbons (Fsp3) is 0.500. The Bertz CT molecular complexity index is 793. The van der Waals surface area contributed by atoms with Crippen molar-refractivity contribution in [3.05, 3.63) is 54.0 Å². The summed E-state index contributed by atoms with van der Waals surface area (Å²) in [5, 5.41) is 0. The molecule has 7 atom stereocenters. The van der Waals surface area contributed by atoms with E-state index in [1.54, 1.807) is 7.11 Å². The Morgan fingerprint density at radius 2 is 2.04 bits per heavy atom. The van der Waals surface area contributed by atoms with Crippen LogP contribution < -0.4 is 4.74 Å². The lowest BCUT2D eigenvalue weighted by atomic mass is 9.61. The average molecular weight is 320 g/mol. The monoisotopic (exact) mass is 320 g/mol. The number of aromatic nitrogens is 2. The summed E-state index contributed by atoms with van der Waals surface area (Å²) in [5.74, 6) is 3.91. The molecule has 5 fully saturated rings. The number of pyridine rings is 2. The van der Waals surface area contributed by atoms with Gasteiger partial charge in [0.25, 0.3) is 0 Å². The van der Waals surface area contributed by atoms with Crippen LogP contribution in [-0.4, -0.2) is 23.2 Å². The molecule has 1 aliphatic heterocycles. The second-order valence-electron chi connectivity index (χ2n) is 7.73. The average Bonchev–Trinajstić information content (AvgIpc) is 3.15. The third-order valence-electron chi connectivity index (χ3n) is 7.17. The largest absolute Gasteiger partial charge is 0.481 e. The van der Waals surface area contributed by atoms with Gasteiger partial charge in [0, 0.05) is 42.1 Å². The molecule has 4 aliphatic carbocycles. The minimum Gasteiger partial charge on any atom is -0.481 e. The zero-order valence-electron chi connectivity index (χ0n) is 13.6. The zero-order valence-corrected chi connectivity index (χ0v) is 13.6. The van der Waals surface area contributed by atoms with E-state index >= 15 is 0 Å². The van der Waals surface area contributed by atoms with Crippen LogP contribution in [0, 0.1) is 23.7 Å². The van der Waals surface area contributed by atoms with Crippen molar-refractivity contribution in [2.75, 3.05) is 7.11 Å². The van der Waals surface area contributed by atoms with Gasteiger partial charge in [-0.3, -0.25) is 4.98 Å². The van der Waals surface area contributed by atoms with Crippen molar-refractivity contribution in [3.63, 3.8) is 0 Å². The lowest BCUT2D eigenvalue weighted by Gasteiger charge is -2.51. The Labute approximate surface area is 141 Å². The highest BCUT2D eigenvalue weighted by Gasteiger charge is 2.82. The molecule has 4 nitrogen and oxygen atoms in total. The summed E-state index contributed by atoms with van der Waals surface area (Å²) >= 11 is 0. The van der Waals surface area contributed by atoms with Crippen LogP contribution in [0.3, 0.4) is 0 Å². The number of methoxy groups -OCH3 is 1. The molecule has 0 N–H and O–H groups in total. The van der Waals surface area contributed by atoms with Gasteiger partial charge in [-0.2, -0.15) is 0 Å². The lowest BCUT2D eigenvalue weighted by Crippen LogP contribution is -2.53. The molecule has 24 heavy (non-hydrogen) atoms. The minimum atomic E-state index is -0.115. The van der Waals surface area contributed by atoms with Gasteiger partial charge < -0.3 is 9.47 Å². The molecule has 0 radical (unpaired) electrons. The summed E-state index contributed by atoms with van der Waals surface area (Å²) < 4.78 is 11.8. The quantitative estimate of drug-likeness (QED) is 0.871. The van der Waals surface area contributed by atoms with Crippen molar-refractivity contribution in [1.29, 1.82) is 0 Å². The third-order valence-corrected chi connectivity index (χ3v) is 7.17. The first-order chi connectivity index (χ1) is 11.8. The Hall–Kier alpha value is -1.94. The van der Waals surface area contributed by atoms with E-state index in [4.69, 9.17) is 9.47 Å². The standard InChI is InChI=1S/C20H20N2O2/c1-23-15-7-4-12(10-22-15)20-17-14-6-5-13(18(20)19(14)24-20)16(17)11-3-2-8-21-9-11/h2-4,7-10,13-14,16-19H,5-6H2,1H3. The Balaban J connectivity index is 1.48. The van der Waals surface area contributed by atoms with Gasteiger partial charge in [0.2, 0.25) is 5.88 Å². The number of hydrogen-bond donors (Lipinski definition) is 0. The zero-order chi connectivity index (χ0) is 15.9. The van der Waals surface area contributed by atoms with Crippen LogP contribution in [0.5, 0.6) is 5.88 Å². The van der Waals surface area contributed by atoms with Crippen molar-refractivity contribution < 1.29 is 9.47 Å². The molecule has 0 amide bonds. The van der Waals surface area contributed by atoms with Crippen LogP contribution in [0.2, 0.25) is 0 Å². The van der Waals surface area contributed by atoms with E-state index in [0.717, 1.165) is 5.92 Å². The lowest BCUT2D eigenvalue weighted by molar-refractivity contribution is -0.237. The molecule has 5 aliphatic rings. The fourth-order valence-electron chi connectivity index (χ4n) is 6.61. The Kier molecular flexibility index (Phi) is 2.43. The van der Waals surface area contributed by atoms with E-state index in [1.807, 2.05) is 18.5 Å². The Morgan fingerprint density at radius 1 is 1.12 bits per heavy atom. The maximum atomic E-state index is 6.57. The summed E-state index contributed by atoms with van der Waals surface area (Å²) in [5.41, 5.74) is 2.53. The molecule has 2 aromatic heterocycles. The molecular weight excluding hydrogens is 300 g/mol. The van der Waals surface area contributed by atoms with Gasteiger partial charge in [-0.05, 0) is 48.3 Å². The van der Waals surface area contributed by atoms with Crippen molar-refractivity contribution in [2.45, 2.75) is 30.5 Å². The van der Waals surface area contributed by atoms with E-state index in [2.05, 4.69) is 34.4 Å². The highest BCUT2D eigenvalue weighted by atomic mass is 16.6. The van der Waals surface area contributed by atoms with E-state index in [0.29, 0.717) is 35.7 Å². The molecule has 1 saturated heterocycles. The predicted molar refractivity (Wildman–Crippen MR) is 87.5 cm³/mol. The van der Waals surface area contributed by atoms with Crippen LogP contribution in [0.25, 0.3) is 0 Å². The maximum Gasteiger partial charge on any atom is 0.212 e. The molecular formula is C20H20N2O2. The highest BCUT2D eigenvalue weighted by molar-refractivity contribution is 5.42. The van der Waals surface area contributed by atoms with Crippen LogP contribution >= 0.6 is 0 Å². The van der Waals surface area contributed by atoms with Crippen molar-refractivity contribution in [2.24, 2.45) is 23.7 Å². The van der Waals surface area contributed by atoms with Crippen LogP contribution in [0.1, 0.15) is 29.9 Å². The van der Waals surface area contributed by atoms with Crippen LogP contribution in [-0.2, 0) is 10.3 Å². The smallest absolute Gasteiger partial charge is 0.212 e. The molecule has 4 heteroatoms. The molecule has 2 aromatic rings. The first-order valence-corrected chi connectivity index (χ1v) is 8.93. The highest BCUT2D eigenvalue weighted by Crippen LogP contribution is 2.80.